The third kappa shape index (κ3) is 5.61. The summed E-state index contributed by atoms with van der Waals surface area (Å²) in [6.07, 6.45) is 0. The number of ether oxygens (including phenoxy) is 1. The highest BCUT2D eigenvalue weighted by Gasteiger charge is 2.23. The largest absolute Gasteiger partial charge is 0.492 e. The van der Waals surface area contributed by atoms with E-state index in [1.807, 2.05) is 24.1 Å². The molecule has 2 amide bonds. The summed E-state index contributed by atoms with van der Waals surface area (Å²) < 4.78 is 6.46. The third-order valence-electron chi connectivity index (χ3n) is 4.96. The Hall–Kier alpha value is -2.38. The maximum absolute atomic E-state index is 13.0. The Morgan fingerprint density at radius 2 is 1.80 bits per heavy atom. The fraction of sp³-hybridized carbons (Fsp3) is 0.391. The number of rotatable bonds is 6. The molecule has 1 aliphatic heterocycles. The molecule has 0 radical (unpaired) electrons. The SMILES string of the molecule is CC(C)COc1ccc(C(=O)Nc2ccccc2C(=O)N2CCN(C)CC2)cc1Br. The maximum atomic E-state index is 13.0. The van der Waals surface area contributed by atoms with Crippen LogP contribution in [0.1, 0.15) is 34.6 Å². The summed E-state index contributed by atoms with van der Waals surface area (Å²) in [4.78, 5) is 29.9. The molecule has 1 aliphatic rings. The lowest BCUT2D eigenvalue weighted by Gasteiger charge is -2.32. The molecule has 1 N–H and O–H groups in total. The van der Waals surface area contributed by atoms with Crippen LogP contribution in [0.3, 0.4) is 0 Å². The average molecular weight is 474 g/mol. The van der Waals surface area contributed by atoms with Gasteiger partial charge in [0.2, 0.25) is 0 Å². The smallest absolute Gasteiger partial charge is 0.256 e. The summed E-state index contributed by atoms with van der Waals surface area (Å²) >= 11 is 3.48. The summed E-state index contributed by atoms with van der Waals surface area (Å²) in [6, 6.07) is 12.4. The number of hydrogen-bond donors (Lipinski definition) is 1. The van der Waals surface area contributed by atoms with Crippen LogP contribution in [0.5, 0.6) is 5.75 Å². The van der Waals surface area contributed by atoms with Crippen LogP contribution in [-0.4, -0.2) is 61.4 Å². The molecule has 0 aliphatic carbocycles. The van der Waals surface area contributed by atoms with Gasteiger partial charge in [0, 0.05) is 31.7 Å². The van der Waals surface area contributed by atoms with E-state index in [1.165, 1.54) is 0 Å². The van der Waals surface area contributed by atoms with Gasteiger partial charge >= 0.3 is 0 Å². The molecule has 2 aromatic rings. The number of carbonyl (C=O) groups is 2. The number of para-hydroxylation sites is 1. The Kier molecular flexibility index (Phi) is 7.50. The number of halogens is 1. The van der Waals surface area contributed by atoms with E-state index in [9.17, 15) is 9.59 Å². The van der Waals surface area contributed by atoms with E-state index < -0.39 is 0 Å². The van der Waals surface area contributed by atoms with Gasteiger partial charge in [-0.25, -0.2) is 0 Å². The molecule has 0 unspecified atom stereocenters. The Labute approximate surface area is 186 Å². The van der Waals surface area contributed by atoms with Crippen molar-refractivity contribution >= 4 is 33.4 Å². The van der Waals surface area contributed by atoms with Crippen molar-refractivity contribution < 1.29 is 14.3 Å². The molecule has 0 bridgehead atoms. The first kappa shape index (κ1) is 22.3. The maximum Gasteiger partial charge on any atom is 0.256 e. The van der Waals surface area contributed by atoms with Crippen LogP contribution in [0.4, 0.5) is 5.69 Å². The van der Waals surface area contributed by atoms with Crippen molar-refractivity contribution in [2.75, 3.05) is 45.2 Å². The van der Waals surface area contributed by atoms with Gasteiger partial charge in [0.1, 0.15) is 5.75 Å². The van der Waals surface area contributed by atoms with Crippen molar-refractivity contribution in [1.82, 2.24) is 9.80 Å². The van der Waals surface area contributed by atoms with Crippen molar-refractivity contribution in [2.45, 2.75) is 13.8 Å². The normalized spacial score (nSPS) is 14.6. The molecule has 7 heteroatoms. The monoisotopic (exact) mass is 473 g/mol. The molecule has 1 fully saturated rings. The zero-order chi connectivity index (χ0) is 21.7. The quantitative estimate of drug-likeness (QED) is 0.684. The van der Waals surface area contributed by atoms with Gasteiger partial charge in [0.25, 0.3) is 11.8 Å². The Morgan fingerprint density at radius 3 is 2.47 bits per heavy atom. The minimum absolute atomic E-state index is 0.0578. The fourth-order valence-corrected chi connectivity index (χ4v) is 3.66. The number of nitrogens with one attached hydrogen (secondary N) is 1. The second-order valence-electron chi connectivity index (χ2n) is 7.95. The Morgan fingerprint density at radius 1 is 1.10 bits per heavy atom. The first-order valence-electron chi connectivity index (χ1n) is 10.2. The highest BCUT2D eigenvalue weighted by Crippen LogP contribution is 2.27. The first-order valence-corrected chi connectivity index (χ1v) is 10.9. The van der Waals surface area contributed by atoms with E-state index in [2.05, 4.69) is 40.0 Å². The molecule has 0 atom stereocenters. The highest BCUT2D eigenvalue weighted by atomic mass is 79.9. The van der Waals surface area contributed by atoms with Crippen LogP contribution >= 0.6 is 15.9 Å². The molecule has 1 saturated heterocycles. The first-order chi connectivity index (χ1) is 14.3. The predicted molar refractivity (Wildman–Crippen MR) is 122 cm³/mol. The number of piperazine rings is 1. The number of likely N-dealkylation sites (N-methyl/N-ethyl adjacent to an activating group) is 1. The standard InChI is InChI=1S/C23H28BrN3O3/c1-16(2)15-30-21-9-8-17(14-19(21)24)22(28)25-20-7-5-4-6-18(20)23(29)27-12-10-26(3)11-13-27/h4-9,14,16H,10-13,15H2,1-3H3,(H,25,28). The van der Waals surface area contributed by atoms with Crippen molar-refractivity contribution in [3.8, 4) is 5.75 Å². The van der Waals surface area contributed by atoms with E-state index in [1.54, 1.807) is 30.3 Å². The lowest BCUT2D eigenvalue weighted by Crippen LogP contribution is -2.47. The number of hydrogen-bond acceptors (Lipinski definition) is 4. The zero-order valence-corrected chi connectivity index (χ0v) is 19.2. The van der Waals surface area contributed by atoms with Crippen molar-refractivity contribution in [2.24, 2.45) is 5.92 Å². The molecule has 1 heterocycles. The number of anilines is 1. The average Bonchev–Trinajstić information content (AvgIpc) is 2.73. The van der Waals surface area contributed by atoms with Gasteiger partial charge in [-0.3, -0.25) is 9.59 Å². The molecule has 2 aromatic carbocycles. The summed E-state index contributed by atoms with van der Waals surface area (Å²) in [5.41, 5.74) is 1.51. The van der Waals surface area contributed by atoms with Gasteiger partial charge in [0.05, 0.1) is 22.3 Å². The van der Waals surface area contributed by atoms with Crippen LogP contribution in [-0.2, 0) is 0 Å². The van der Waals surface area contributed by atoms with E-state index in [4.69, 9.17) is 4.74 Å². The minimum atomic E-state index is -0.273. The molecule has 30 heavy (non-hydrogen) atoms. The zero-order valence-electron chi connectivity index (χ0n) is 17.7. The number of nitrogens with zero attached hydrogens (tertiary/aromatic N) is 2. The van der Waals surface area contributed by atoms with Gasteiger partial charge in [-0.15, -0.1) is 0 Å². The number of amides is 2. The molecule has 3 rings (SSSR count). The van der Waals surface area contributed by atoms with Gasteiger partial charge in [-0.2, -0.15) is 0 Å². The molecule has 0 saturated carbocycles. The van der Waals surface area contributed by atoms with Gasteiger partial charge in [0.15, 0.2) is 0 Å². The molecule has 160 valence electrons. The molecular weight excluding hydrogens is 446 g/mol. The Bertz CT molecular complexity index is 908. The van der Waals surface area contributed by atoms with Crippen LogP contribution in [0.2, 0.25) is 0 Å². The van der Waals surface area contributed by atoms with Crippen LogP contribution in [0.15, 0.2) is 46.9 Å². The van der Waals surface area contributed by atoms with Gasteiger partial charge < -0.3 is 19.9 Å². The van der Waals surface area contributed by atoms with E-state index in [-0.39, 0.29) is 11.8 Å². The van der Waals surface area contributed by atoms with Crippen molar-refractivity contribution in [1.29, 1.82) is 0 Å². The van der Waals surface area contributed by atoms with E-state index in [0.717, 1.165) is 17.6 Å². The third-order valence-corrected chi connectivity index (χ3v) is 5.58. The molecule has 0 aromatic heterocycles. The van der Waals surface area contributed by atoms with Crippen molar-refractivity contribution in [3.05, 3.63) is 58.1 Å². The number of benzene rings is 2. The van der Waals surface area contributed by atoms with Crippen LogP contribution in [0, 0.1) is 5.92 Å². The highest BCUT2D eigenvalue weighted by molar-refractivity contribution is 9.10. The van der Waals surface area contributed by atoms with E-state index >= 15 is 0 Å². The predicted octanol–water partition coefficient (Wildman–Crippen LogP) is 4.12. The fourth-order valence-electron chi connectivity index (χ4n) is 3.17. The summed E-state index contributed by atoms with van der Waals surface area (Å²) in [5, 5.41) is 2.89. The van der Waals surface area contributed by atoms with Crippen LogP contribution < -0.4 is 10.1 Å². The van der Waals surface area contributed by atoms with Gasteiger partial charge in [-0.1, -0.05) is 26.0 Å². The second-order valence-corrected chi connectivity index (χ2v) is 8.80. The summed E-state index contributed by atoms with van der Waals surface area (Å²) in [6.45, 7) is 7.82. The lowest BCUT2D eigenvalue weighted by molar-refractivity contribution is 0.0665. The topological polar surface area (TPSA) is 61.9 Å². The molecule has 6 nitrogen and oxygen atoms in total. The summed E-state index contributed by atoms with van der Waals surface area (Å²) in [5.74, 6) is 0.780. The van der Waals surface area contributed by atoms with Gasteiger partial charge in [-0.05, 0) is 59.2 Å². The molecular formula is C23H28BrN3O3. The Balaban J connectivity index is 1.73. The van der Waals surface area contributed by atoms with E-state index in [0.29, 0.717) is 48.2 Å². The van der Waals surface area contributed by atoms with Crippen molar-refractivity contribution in [3.63, 3.8) is 0 Å². The molecule has 0 spiro atoms. The number of carbonyl (C=O) groups excluding carboxylic acids is 2. The summed E-state index contributed by atoms with van der Waals surface area (Å²) in [7, 11) is 2.05. The van der Waals surface area contributed by atoms with Crippen LogP contribution in [0.25, 0.3) is 0 Å². The lowest BCUT2D eigenvalue weighted by atomic mass is 10.1. The minimum Gasteiger partial charge on any atom is -0.492 e. The second kappa shape index (κ2) is 10.1.